The number of esters is 1. The topological polar surface area (TPSA) is 59.6 Å². The van der Waals surface area contributed by atoms with Crippen molar-refractivity contribution < 1.29 is 14.3 Å². The summed E-state index contributed by atoms with van der Waals surface area (Å²) in [6.07, 6.45) is 4.95. The molecule has 2 aliphatic rings. The normalized spacial score (nSPS) is 20.9. The number of carbonyl (C=O) groups excluding carboxylic acids is 1. The van der Waals surface area contributed by atoms with Gasteiger partial charge in [-0.25, -0.2) is 4.79 Å². The molecule has 0 spiro atoms. The van der Waals surface area contributed by atoms with Crippen molar-refractivity contribution in [3.8, 4) is 5.75 Å². The van der Waals surface area contributed by atoms with E-state index in [1.54, 1.807) is 6.92 Å². The second-order valence-corrected chi connectivity index (χ2v) is 6.80. The number of carbonyl (C=O) groups is 1. The smallest absolute Gasteiger partial charge is 0.338 e. The van der Waals surface area contributed by atoms with E-state index in [9.17, 15) is 4.79 Å². The Morgan fingerprint density at radius 2 is 2.08 bits per heavy atom. The fourth-order valence-electron chi connectivity index (χ4n) is 3.39. The number of nitrogens with one attached hydrogen (secondary N) is 2. The predicted molar refractivity (Wildman–Crippen MR) is 100 cm³/mol. The van der Waals surface area contributed by atoms with Gasteiger partial charge in [-0.15, -0.1) is 0 Å². The average molecular weight is 360 g/mol. The molecule has 3 rings (SSSR count). The first-order chi connectivity index (χ1) is 12.1. The van der Waals surface area contributed by atoms with Crippen molar-refractivity contribution in [1.29, 1.82) is 0 Å². The zero-order valence-corrected chi connectivity index (χ0v) is 15.4. The molecule has 25 heavy (non-hydrogen) atoms. The van der Waals surface area contributed by atoms with Crippen LogP contribution in [0.25, 0.3) is 0 Å². The van der Waals surface area contributed by atoms with Gasteiger partial charge in [0.05, 0.1) is 24.3 Å². The largest absolute Gasteiger partial charge is 0.490 e. The van der Waals surface area contributed by atoms with Crippen LogP contribution in [-0.2, 0) is 9.53 Å². The molecule has 1 fully saturated rings. The number of rotatable bonds is 5. The lowest BCUT2D eigenvalue weighted by Gasteiger charge is -2.30. The lowest BCUT2D eigenvalue weighted by atomic mass is 9.95. The molecule has 1 aromatic carbocycles. The first-order valence-electron chi connectivity index (χ1n) is 8.80. The van der Waals surface area contributed by atoms with E-state index in [-0.39, 0.29) is 12.0 Å². The summed E-state index contributed by atoms with van der Waals surface area (Å²) in [4.78, 5) is 12.4. The van der Waals surface area contributed by atoms with E-state index < -0.39 is 0 Å². The summed E-state index contributed by atoms with van der Waals surface area (Å²) in [7, 11) is 0. The maximum Gasteiger partial charge on any atom is 0.338 e. The first-order valence-corrected chi connectivity index (χ1v) is 9.21. The molecule has 0 amide bonds. The number of allylic oxidation sites excluding steroid dienone is 1. The molecule has 2 N–H and O–H groups in total. The summed E-state index contributed by atoms with van der Waals surface area (Å²) in [6, 6.07) is 7.52. The van der Waals surface area contributed by atoms with Crippen LogP contribution >= 0.6 is 12.2 Å². The summed E-state index contributed by atoms with van der Waals surface area (Å²) in [5.41, 5.74) is 2.20. The second-order valence-electron chi connectivity index (χ2n) is 6.39. The summed E-state index contributed by atoms with van der Waals surface area (Å²) in [5, 5.41) is 6.69. The zero-order chi connectivity index (χ0) is 17.8. The highest BCUT2D eigenvalue weighted by molar-refractivity contribution is 7.80. The molecule has 1 atom stereocenters. The van der Waals surface area contributed by atoms with Gasteiger partial charge in [0.1, 0.15) is 5.75 Å². The third-order valence-electron chi connectivity index (χ3n) is 4.56. The number of benzene rings is 1. The highest BCUT2D eigenvalue weighted by Gasteiger charge is 2.31. The Morgan fingerprint density at radius 1 is 1.32 bits per heavy atom. The minimum atomic E-state index is -0.347. The molecule has 1 aromatic rings. The highest BCUT2D eigenvalue weighted by Crippen LogP contribution is 2.31. The van der Waals surface area contributed by atoms with Crippen molar-refractivity contribution in [3.63, 3.8) is 0 Å². The average Bonchev–Trinajstić information content (AvgIpc) is 3.07. The quantitative estimate of drug-likeness (QED) is 0.620. The van der Waals surface area contributed by atoms with Crippen molar-refractivity contribution in [1.82, 2.24) is 10.6 Å². The first kappa shape index (κ1) is 17.7. The molecule has 0 bridgehead atoms. The van der Waals surface area contributed by atoms with Gasteiger partial charge in [0.25, 0.3) is 0 Å². The van der Waals surface area contributed by atoms with E-state index in [0.717, 1.165) is 24.2 Å². The maximum absolute atomic E-state index is 12.4. The van der Waals surface area contributed by atoms with Crippen molar-refractivity contribution in [2.75, 3.05) is 6.61 Å². The number of ether oxygens (including phenoxy) is 2. The van der Waals surface area contributed by atoms with Gasteiger partial charge in [0, 0.05) is 5.70 Å². The monoisotopic (exact) mass is 360 g/mol. The predicted octanol–water partition coefficient (Wildman–Crippen LogP) is 3.36. The maximum atomic E-state index is 12.4. The molecule has 1 aliphatic carbocycles. The van der Waals surface area contributed by atoms with E-state index in [0.29, 0.717) is 29.1 Å². The van der Waals surface area contributed by atoms with Crippen LogP contribution in [-0.4, -0.2) is 23.8 Å². The van der Waals surface area contributed by atoms with Crippen LogP contribution in [0.1, 0.15) is 51.1 Å². The molecular formula is C19H24N2O3S. The minimum absolute atomic E-state index is 0.291. The van der Waals surface area contributed by atoms with Crippen LogP contribution in [0.5, 0.6) is 5.75 Å². The van der Waals surface area contributed by atoms with Gasteiger partial charge in [-0.1, -0.05) is 12.1 Å². The summed E-state index contributed by atoms with van der Waals surface area (Å²) < 4.78 is 11.3. The molecule has 0 radical (unpaired) electrons. The molecule has 0 saturated heterocycles. The van der Waals surface area contributed by atoms with Crippen LogP contribution in [0.4, 0.5) is 0 Å². The Hall–Kier alpha value is -2.08. The summed E-state index contributed by atoms with van der Waals surface area (Å²) in [5.74, 6) is 0.492. The second kappa shape index (κ2) is 7.87. The Labute approximate surface area is 153 Å². The molecule has 1 heterocycles. The molecule has 1 aliphatic heterocycles. The number of hydrogen-bond donors (Lipinski definition) is 2. The van der Waals surface area contributed by atoms with Crippen LogP contribution in [0.2, 0.25) is 0 Å². The third-order valence-corrected chi connectivity index (χ3v) is 4.78. The summed E-state index contributed by atoms with van der Waals surface area (Å²) >= 11 is 5.27. The Morgan fingerprint density at radius 3 is 2.80 bits per heavy atom. The summed E-state index contributed by atoms with van der Waals surface area (Å²) in [6.45, 7) is 3.97. The van der Waals surface area contributed by atoms with E-state index in [4.69, 9.17) is 21.7 Å². The van der Waals surface area contributed by atoms with E-state index in [1.807, 2.05) is 31.2 Å². The van der Waals surface area contributed by atoms with Crippen LogP contribution in [0, 0.1) is 0 Å². The Kier molecular flexibility index (Phi) is 5.58. The van der Waals surface area contributed by atoms with Crippen LogP contribution < -0.4 is 15.4 Å². The fourth-order valence-corrected chi connectivity index (χ4v) is 3.66. The number of hydrogen-bond acceptors (Lipinski definition) is 4. The lowest BCUT2D eigenvalue weighted by Crippen LogP contribution is -2.45. The van der Waals surface area contributed by atoms with E-state index >= 15 is 0 Å². The van der Waals surface area contributed by atoms with Gasteiger partial charge >= 0.3 is 5.97 Å². The van der Waals surface area contributed by atoms with Crippen LogP contribution in [0.15, 0.2) is 35.5 Å². The Balaban J connectivity index is 1.88. The molecule has 5 nitrogen and oxygen atoms in total. The Bertz CT molecular complexity index is 696. The van der Waals surface area contributed by atoms with Crippen molar-refractivity contribution in [2.24, 2.45) is 0 Å². The van der Waals surface area contributed by atoms with Gasteiger partial charge in [0.15, 0.2) is 5.11 Å². The molecule has 0 unspecified atom stereocenters. The van der Waals surface area contributed by atoms with Crippen molar-refractivity contribution in [2.45, 2.75) is 51.7 Å². The van der Waals surface area contributed by atoms with Gasteiger partial charge in [-0.2, -0.15) is 0 Å². The van der Waals surface area contributed by atoms with E-state index in [1.165, 1.54) is 12.8 Å². The van der Waals surface area contributed by atoms with E-state index in [2.05, 4.69) is 10.6 Å². The third kappa shape index (κ3) is 4.12. The van der Waals surface area contributed by atoms with Gasteiger partial charge in [-0.3, -0.25) is 0 Å². The fraction of sp³-hybridized carbons (Fsp3) is 0.474. The van der Waals surface area contributed by atoms with Crippen molar-refractivity contribution in [3.05, 3.63) is 41.1 Å². The van der Waals surface area contributed by atoms with Crippen molar-refractivity contribution >= 4 is 23.3 Å². The van der Waals surface area contributed by atoms with Gasteiger partial charge in [0.2, 0.25) is 0 Å². The van der Waals surface area contributed by atoms with Crippen LogP contribution in [0.3, 0.4) is 0 Å². The standard InChI is InChI=1S/C19H24N2O3S/c1-3-23-18(22)16-12(2)20-19(25)21-17(16)13-7-6-10-15(11-13)24-14-8-4-5-9-14/h6-7,10-11,14,17H,3-5,8-9H2,1-2H3,(H2,20,21,25)/t17-/m0/s1. The van der Waals surface area contributed by atoms with Gasteiger partial charge < -0.3 is 20.1 Å². The molecular weight excluding hydrogens is 336 g/mol. The SMILES string of the molecule is CCOC(=O)C1=C(C)NC(=S)N[C@H]1c1cccc(OC2CCCC2)c1. The van der Waals surface area contributed by atoms with Gasteiger partial charge in [-0.05, 0) is 69.4 Å². The highest BCUT2D eigenvalue weighted by atomic mass is 32.1. The molecule has 0 aromatic heterocycles. The molecule has 1 saturated carbocycles. The number of thiocarbonyl (C=S) groups is 1. The molecule has 6 heteroatoms. The molecule has 134 valence electrons. The lowest BCUT2D eigenvalue weighted by molar-refractivity contribution is -0.139. The zero-order valence-electron chi connectivity index (χ0n) is 14.6. The minimum Gasteiger partial charge on any atom is -0.490 e.